The minimum atomic E-state index is 0. The van der Waals surface area contributed by atoms with Crippen molar-refractivity contribution in [3.63, 3.8) is 0 Å². The summed E-state index contributed by atoms with van der Waals surface area (Å²) in [6, 6.07) is 4.88. The van der Waals surface area contributed by atoms with Crippen molar-refractivity contribution in [1.29, 1.82) is 0 Å². The molecule has 0 bridgehead atoms. The monoisotopic (exact) mass is 376 g/mol. The van der Waals surface area contributed by atoms with Gasteiger partial charge in [-0.2, -0.15) is 0 Å². The van der Waals surface area contributed by atoms with Gasteiger partial charge in [0.1, 0.15) is 13.2 Å². The fourth-order valence-electron chi connectivity index (χ4n) is 2.95. The van der Waals surface area contributed by atoms with Gasteiger partial charge in [-0.25, -0.2) is 0 Å². The number of rotatable bonds is 3. The molecule has 2 heterocycles. The first-order valence-corrected chi connectivity index (χ1v) is 8.03. The Morgan fingerprint density at radius 3 is 2.95 bits per heavy atom. The maximum atomic E-state index is 5.69. The molecule has 0 radical (unpaired) electrons. The van der Waals surface area contributed by atoms with Crippen molar-refractivity contribution in [2.45, 2.75) is 25.4 Å². The summed E-state index contributed by atoms with van der Waals surface area (Å²) in [5.74, 6) is 1.70. The van der Waals surface area contributed by atoms with E-state index in [1.54, 1.807) is 0 Å². The smallest absolute Gasteiger partial charge is 0.175 e. The molecule has 1 fully saturated rings. The molecule has 2 aliphatic rings. The van der Waals surface area contributed by atoms with E-state index in [1.807, 2.05) is 0 Å². The largest absolute Gasteiger partial charge is 0.486 e. The molecule has 3 rings (SSSR count). The lowest BCUT2D eigenvalue weighted by atomic mass is 10.0. The zero-order valence-corrected chi connectivity index (χ0v) is 14.6. The van der Waals surface area contributed by atoms with Gasteiger partial charge in [0.25, 0.3) is 0 Å². The molecule has 6 heteroatoms. The lowest BCUT2D eigenvalue weighted by molar-refractivity contribution is 0.168. The third-order valence-electron chi connectivity index (χ3n) is 3.98. The van der Waals surface area contributed by atoms with Crippen LogP contribution in [0.1, 0.15) is 18.4 Å². The van der Waals surface area contributed by atoms with E-state index in [4.69, 9.17) is 9.47 Å². The van der Waals surface area contributed by atoms with E-state index in [-0.39, 0.29) is 12.4 Å². The van der Waals surface area contributed by atoms with Gasteiger partial charge in [0.2, 0.25) is 0 Å². The van der Waals surface area contributed by atoms with Gasteiger partial charge in [-0.15, -0.1) is 12.4 Å². The molecule has 0 spiro atoms. The minimum Gasteiger partial charge on any atom is -0.486 e. The Morgan fingerprint density at radius 2 is 2.14 bits per heavy atom. The molecule has 0 aromatic heterocycles. The number of likely N-dealkylation sites (tertiary alicyclic amines) is 1. The van der Waals surface area contributed by atoms with Gasteiger partial charge in [0, 0.05) is 19.1 Å². The highest BCUT2D eigenvalue weighted by atomic mass is 79.9. The molecule has 2 aliphatic heterocycles. The Hall–Kier alpha value is -0.490. The van der Waals surface area contributed by atoms with Gasteiger partial charge in [-0.05, 0) is 60.1 Å². The van der Waals surface area contributed by atoms with Crippen LogP contribution in [0.15, 0.2) is 16.6 Å². The van der Waals surface area contributed by atoms with Crippen molar-refractivity contribution in [2.75, 3.05) is 33.4 Å². The number of nitrogens with one attached hydrogen (secondary N) is 1. The third-order valence-corrected chi connectivity index (χ3v) is 4.57. The van der Waals surface area contributed by atoms with E-state index >= 15 is 0 Å². The topological polar surface area (TPSA) is 33.7 Å². The number of fused-ring (bicyclic) bond motifs is 1. The molecule has 0 saturated carbocycles. The molecule has 118 valence electrons. The second kappa shape index (κ2) is 7.68. The van der Waals surface area contributed by atoms with Crippen LogP contribution in [0.3, 0.4) is 0 Å². The summed E-state index contributed by atoms with van der Waals surface area (Å²) in [5, 5.41) is 3.39. The minimum absolute atomic E-state index is 0. The summed E-state index contributed by atoms with van der Waals surface area (Å²) in [7, 11) is 2.05. The number of benzene rings is 1. The molecule has 0 aliphatic carbocycles. The van der Waals surface area contributed by atoms with Crippen LogP contribution in [0.2, 0.25) is 0 Å². The number of ether oxygens (including phenoxy) is 2. The van der Waals surface area contributed by atoms with Crippen molar-refractivity contribution in [1.82, 2.24) is 10.2 Å². The van der Waals surface area contributed by atoms with E-state index in [2.05, 4.69) is 45.3 Å². The summed E-state index contributed by atoms with van der Waals surface area (Å²) in [6.45, 7) is 4.51. The number of likely N-dealkylation sites (N-methyl/N-ethyl adjacent to an activating group) is 1. The summed E-state index contributed by atoms with van der Waals surface area (Å²) in [6.07, 6.45) is 2.54. The zero-order valence-electron chi connectivity index (χ0n) is 12.2. The van der Waals surface area contributed by atoms with Crippen LogP contribution in [0.5, 0.6) is 11.5 Å². The first-order valence-electron chi connectivity index (χ1n) is 7.24. The Morgan fingerprint density at radius 1 is 1.33 bits per heavy atom. The van der Waals surface area contributed by atoms with Gasteiger partial charge in [0.05, 0.1) is 4.47 Å². The molecular formula is C15H22BrClN2O2. The summed E-state index contributed by atoms with van der Waals surface area (Å²) >= 11 is 3.59. The first-order chi connectivity index (χ1) is 9.76. The van der Waals surface area contributed by atoms with Crippen LogP contribution < -0.4 is 14.8 Å². The fraction of sp³-hybridized carbons (Fsp3) is 0.600. The number of hydrogen-bond donors (Lipinski definition) is 1. The van der Waals surface area contributed by atoms with Crippen LogP contribution in [0, 0.1) is 0 Å². The molecule has 1 aromatic carbocycles. The van der Waals surface area contributed by atoms with Crippen LogP contribution in [-0.2, 0) is 6.54 Å². The summed E-state index contributed by atoms with van der Waals surface area (Å²) in [4.78, 5) is 2.50. The number of hydrogen-bond acceptors (Lipinski definition) is 4. The molecule has 1 N–H and O–H groups in total. The first kappa shape index (κ1) is 16.9. The molecule has 4 nitrogen and oxygen atoms in total. The van der Waals surface area contributed by atoms with Gasteiger partial charge in [-0.1, -0.05) is 0 Å². The van der Waals surface area contributed by atoms with E-state index in [0.717, 1.165) is 29.1 Å². The third kappa shape index (κ3) is 4.03. The average Bonchev–Trinajstić information content (AvgIpc) is 2.47. The SMILES string of the molecule is CNC1CCCN(Cc2cc(Br)c3c(c2)OCCO3)C1.Cl. The maximum Gasteiger partial charge on any atom is 0.175 e. The molecule has 1 atom stereocenters. The fourth-order valence-corrected chi connectivity index (χ4v) is 3.55. The number of halogens is 2. The number of nitrogens with zero attached hydrogens (tertiary/aromatic N) is 1. The van der Waals surface area contributed by atoms with Gasteiger partial charge < -0.3 is 14.8 Å². The van der Waals surface area contributed by atoms with Crippen molar-refractivity contribution in [3.05, 3.63) is 22.2 Å². The van der Waals surface area contributed by atoms with Gasteiger partial charge >= 0.3 is 0 Å². The highest BCUT2D eigenvalue weighted by molar-refractivity contribution is 9.10. The lowest BCUT2D eigenvalue weighted by Gasteiger charge is -2.32. The summed E-state index contributed by atoms with van der Waals surface area (Å²) < 4.78 is 12.3. The van der Waals surface area contributed by atoms with Crippen molar-refractivity contribution in [3.8, 4) is 11.5 Å². The standard InChI is InChI=1S/C15H21BrN2O2.ClH/c1-17-12-3-2-4-18(10-12)9-11-7-13(16)15-14(8-11)19-5-6-20-15;/h7-8,12,17H,2-6,9-10H2,1H3;1H. The molecule has 1 saturated heterocycles. The second-order valence-corrected chi connectivity index (χ2v) is 6.32. The molecule has 21 heavy (non-hydrogen) atoms. The highest BCUT2D eigenvalue weighted by Crippen LogP contribution is 2.38. The van der Waals surface area contributed by atoms with Crippen molar-refractivity contribution >= 4 is 28.3 Å². The quantitative estimate of drug-likeness (QED) is 0.878. The van der Waals surface area contributed by atoms with Gasteiger partial charge in [-0.3, -0.25) is 4.90 Å². The molecule has 1 unspecified atom stereocenters. The van der Waals surface area contributed by atoms with E-state index in [9.17, 15) is 0 Å². The van der Waals surface area contributed by atoms with Crippen LogP contribution >= 0.6 is 28.3 Å². The van der Waals surface area contributed by atoms with Crippen molar-refractivity contribution < 1.29 is 9.47 Å². The Bertz CT molecular complexity index is 487. The predicted molar refractivity (Wildman–Crippen MR) is 89.7 cm³/mol. The van der Waals surface area contributed by atoms with Crippen LogP contribution in [0.25, 0.3) is 0 Å². The normalized spacial score (nSPS) is 21.7. The molecule has 1 aromatic rings. The maximum absolute atomic E-state index is 5.69. The van der Waals surface area contributed by atoms with Crippen molar-refractivity contribution in [2.24, 2.45) is 0 Å². The molecular weight excluding hydrogens is 356 g/mol. The molecule has 0 amide bonds. The van der Waals surface area contributed by atoms with E-state index < -0.39 is 0 Å². The van der Waals surface area contributed by atoms with Crippen LogP contribution in [-0.4, -0.2) is 44.3 Å². The average molecular weight is 378 g/mol. The van der Waals surface area contributed by atoms with Gasteiger partial charge in [0.15, 0.2) is 11.5 Å². The predicted octanol–water partition coefficient (Wildman–Crippen LogP) is 2.83. The zero-order chi connectivity index (χ0) is 13.9. The summed E-state index contributed by atoms with van der Waals surface area (Å²) in [5.41, 5.74) is 1.28. The Balaban J connectivity index is 0.00000161. The van der Waals surface area contributed by atoms with E-state index in [1.165, 1.54) is 24.9 Å². The van der Waals surface area contributed by atoms with Crippen LogP contribution in [0.4, 0.5) is 0 Å². The van der Waals surface area contributed by atoms with E-state index in [0.29, 0.717) is 19.3 Å². The lowest BCUT2D eigenvalue weighted by Crippen LogP contribution is -2.43. The highest BCUT2D eigenvalue weighted by Gasteiger charge is 2.21. The number of piperidine rings is 1. The second-order valence-electron chi connectivity index (χ2n) is 5.46. The Kier molecular flexibility index (Phi) is 6.17. The Labute approximate surface area is 140 Å².